The van der Waals surface area contributed by atoms with E-state index < -0.39 is 0 Å². The van der Waals surface area contributed by atoms with Gasteiger partial charge in [-0.1, -0.05) is 6.07 Å². The molecule has 23 heavy (non-hydrogen) atoms. The zero-order valence-corrected chi connectivity index (χ0v) is 13.6. The number of hydrogen-bond donors (Lipinski definition) is 3. The minimum atomic E-state index is 0.506. The topological polar surface area (TPSA) is 91.1 Å². The first-order valence-electron chi connectivity index (χ1n) is 7.27. The molecule has 3 N–H and O–H groups in total. The maximum absolute atomic E-state index is 5.27. The molecule has 3 aromatic heterocycles. The van der Waals surface area contributed by atoms with E-state index in [-0.39, 0.29) is 0 Å². The van der Waals surface area contributed by atoms with Crippen LogP contribution in [0.1, 0.15) is 10.7 Å². The molecular weight excluding hydrogens is 312 g/mol. The fraction of sp³-hybridized carbons (Fsp3) is 0.267. The van der Waals surface area contributed by atoms with Crippen LogP contribution in [0.2, 0.25) is 0 Å². The number of nitrogens with zero attached hydrogens (tertiary/aromatic N) is 3. The van der Waals surface area contributed by atoms with Crippen molar-refractivity contribution in [3.05, 3.63) is 46.6 Å². The highest BCUT2D eigenvalue weighted by atomic mass is 32.1. The van der Waals surface area contributed by atoms with Crippen LogP contribution in [-0.2, 0) is 13.0 Å². The molecule has 120 valence electrons. The van der Waals surface area contributed by atoms with Gasteiger partial charge in [0.15, 0.2) is 11.7 Å². The molecule has 3 heterocycles. The Balaban J connectivity index is 1.46. The second-order valence-corrected chi connectivity index (χ2v) is 5.80. The normalized spacial score (nSPS) is 11.6. The van der Waals surface area contributed by atoms with Gasteiger partial charge in [0, 0.05) is 18.5 Å². The monoisotopic (exact) mass is 330 g/mol. The molecule has 8 heteroatoms. The van der Waals surface area contributed by atoms with Crippen LogP contribution in [0.4, 0.5) is 0 Å². The fourth-order valence-corrected chi connectivity index (χ4v) is 2.75. The lowest BCUT2D eigenvalue weighted by Gasteiger charge is -2.10. The van der Waals surface area contributed by atoms with Gasteiger partial charge in [-0.2, -0.15) is 0 Å². The third kappa shape index (κ3) is 4.19. The molecule has 0 spiro atoms. The van der Waals surface area contributed by atoms with E-state index in [1.165, 1.54) is 4.88 Å². The molecule has 0 aliphatic carbocycles. The molecule has 0 saturated heterocycles. The number of aromatic amines is 1. The summed E-state index contributed by atoms with van der Waals surface area (Å²) < 4.78 is 5.27. The lowest BCUT2D eigenvalue weighted by molar-refractivity contribution is 0.577. The Bertz CT molecular complexity index is 732. The second kappa shape index (κ2) is 7.59. The second-order valence-electron chi connectivity index (χ2n) is 4.76. The van der Waals surface area contributed by atoms with Crippen molar-refractivity contribution in [1.29, 1.82) is 0 Å². The number of aliphatic imine (C=N–C) groups is 1. The summed E-state index contributed by atoms with van der Waals surface area (Å²) in [7, 11) is 1.75. The quantitative estimate of drug-likeness (QED) is 0.475. The van der Waals surface area contributed by atoms with Crippen molar-refractivity contribution in [2.24, 2.45) is 4.99 Å². The molecule has 3 rings (SSSR count). The Morgan fingerprint density at radius 3 is 3.04 bits per heavy atom. The minimum absolute atomic E-state index is 0.506. The summed E-state index contributed by atoms with van der Waals surface area (Å²) in [4.78, 5) is 9.92. The van der Waals surface area contributed by atoms with Crippen molar-refractivity contribution >= 4 is 17.3 Å². The Hall–Kier alpha value is -2.61. The fourth-order valence-electron chi connectivity index (χ4n) is 2.04. The Kier molecular flexibility index (Phi) is 5.05. The predicted octanol–water partition coefficient (Wildman–Crippen LogP) is 2.03. The number of furan rings is 1. The summed E-state index contributed by atoms with van der Waals surface area (Å²) in [6, 6.07) is 7.83. The molecule has 0 radical (unpaired) electrons. The van der Waals surface area contributed by atoms with Gasteiger partial charge in [0.2, 0.25) is 5.82 Å². The number of H-pyrrole nitrogens is 1. The van der Waals surface area contributed by atoms with Gasteiger partial charge in [-0.05, 0) is 30.0 Å². The summed E-state index contributed by atoms with van der Waals surface area (Å²) in [5, 5.41) is 15.6. The van der Waals surface area contributed by atoms with E-state index in [4.69, 9.17) is 4.42 Å². The summed E-state index contributed by atoms with van der Waals surface area (Å²) in [6.07, 6.45) is 2.58. The van der Waals surface area contributed by atoms with E-state index in [0.717, 1.165) is 24.7 Å². The van der Waals surface area contributed by atoms with Crippen LogP contribution in [0.3, 0.4) is 0 Å². The maximum Gasteiger partial charge on any atom is 0.216 e. The SMILES string of the molecule is CN=C(NCCc1cccs1)NCc1nc(-c2ccco2)n[nH]1. The molecule has 0 atom stereocenters. The Labute approximate surface area is 137 Å². The summed E-state index contributed by atoms with van der Waals surface area (Å²) >= 11 is 1.76. The van der Waals surface area contributed by atoms with Crippen molar-refractivity contribution in [1.82, 2.24) is 25.8 Å². The largest absolute Gasteiger partial charge is 0.461 e. The summed E-state index contributed by atoms with van der Waals surface area (Å²) in [5.74, 6) is 2.65. The molecule has 0 saturated carbocycles. The number of aromatic nitrogens is 3. The van der Waals surface area contributed by atoms with Gasteiger partial charge in [-0.15, -0.1) is 16.4 Å². The van der Waals surface area contributed by atoms with Crippen LogP contribution in [0.25, 0.3) is 11.6 Å². The molecule has 0 fully saturated rings. The van der Waals surface area contributed by atoms with E-state index in [1.807, 2.05) is 12.1 Å². The molecule has 0 amide bonds. The molecular formula is C15H18N6OS. The third-order valence-corrected chi connectivity index (χ3v) is 4.10. The van der Waals surface area contributed by atoms with Gasteiger partial charge < -0.3 is 15.1 Å². The van der Waals surface area contributed by atoms with Crippen LogP contribution in [0.5, 0.6) is 0 Å². The number of thiophene rings is 1. The highest BCUT2D eigenvalue weighted by Crippen LogP contribution is 2.14. The zero-order chi connectivity index (χ0) is 15.9. The third-order valence-electron chi connectivity index (χ3n) is 3.16. The Morgan fingerprint density at radius 2 is 2.30 bits per heavy atom. The molecule has 0 aromatic carbocycles. The van der Waals surface area contributed by atoms with Gasteiger partial charge in [0.05, 0.1) is 12.8 Å². The minimum Gasteiger partial charge on any atom is -0.461 e. The standard InChI is InChI=1S/C15H18N6OS/c1-16-15(17-7-6-11-4-3-9-23-11)18-10-13-19-14(21-20-13)12-5-2-8-22-12/h2-5,8-9H,6-7,10H2,1H3,(H2,16,17,18)(H,19,20,21). The number of hydrogen-bond acceptors (Lipinski definition) is 5. The van der Waals surface area contributed by atoms with Gasteiger partial charge in [0.25, 0.3) is 0 Å². The molecule has 7 nitrogen and oxygen atoms in total. The first-order valence-corrected chi connectivity index (χ1v) is 8.15. The Morgan fingerprint density at radius 1 is 1.35 bits per heavy atom. The van der Waals surface area contributed by atoms with Crippen LogP contribution in [0.15, 0.2) is 45.3 Å². The van der Waals surface area contributed by atoms with Crippen LogP contribution in [-0.4, -0.2) is 34.7 Å². The average Bonchev–Trinajstić information content (AvgIpc) is 3.32. The first-order chi connectivity index (χ1) is 11.3. The van der Waals surface area contributed by atoms with Gasteiger partial charge in [-0.25, -0.2) is 4.98 Å². The lowest BCUT2D eigenvalue weighted by Crippen LogP contribution is -2.38. The van der Waals surface area contributed by atoms with Crippen molar-refractivity contribution in [3.63, 3.8) is 0 Å². The number of guanidine groups is 1. The van der Waals surface area contributed by atoms with Gasteiger partial charge in [-0.3, -0.25) is 10.1 Å². The van der Waals surface area contributed by atoms with Gasteiger partial charge in [0.1, 0.15) is 5.82 Å². The summed E-state index contributed by atoms with van der Waals surface area (Å²) in [5.41, 5.74) is 0. The van der Waals surface area contributed by atoms with E-state index in [0.29, 0.717) is 18.1 Å². The van der Waals surface area contributed by atoms with E-state index in [1.54, 1.807) is 24.6 Å². The number of nitrogens with one attached hydrogen (secondary N) is 3. The van der Waals surface area contributed by atoms with Crippen molar-refractivity contribution in [2.75, 3.05) is 13.6 Å². The van der Waals surface area contributed by atoms with Gasteiger partial charge >= 0.3 is 0 Å². The van der Waals surface area contributed by atoms with E-state index in [9.17, 15) is 0 Å². The highest BCUT2D eigenvalue weighted by Gasteiger charge is 2.08. The van der Waals surface area contributed by atoms with Crippen LogP contribution < -0.4 is 10.6 Å². The smallest absolute Gasteiger partial charge is 0.216 e. The molecule has 0 aliphatic heterocycles. The maximum atomic E-state index is 5.27. The van der Waals surface area contributed by atoms with Crippen molar-refractivity contribution in [2.45, 2.75) is 13.0 Å². The van der Waals surface area contributed by atoms with E-state index in [2.05, 4.69) is 48.3 Å². The lowest BCUT2D eigenvalue weighted by atomic mass is 10.3. The van der Waals surface area contributed by atoms with Crippen molar-refractivity contribution < 1.29 is 4.42 Å². The summed E-state index contributed by atoms with van der Waals surface area (Å²) in [6.45, 7) is 1.33. The van der Waals surface area contributed by atoms with Crippen LogP contribution >= 0.6 is 11.3 Å². The molecule has 3 aromatic rings. The molecule has 0 bridgehead atoms. The zero-order valence-electron chi connectivity index (χ0n) is 12.7. The molecule has 0 aliphatic rings. The first kappa shape index (κ1) is 15.3. The van der Waals surface area contributed by atoms with Crippen LogP contribution in [0, 0.1) is 0 Å². The molecule has 0 unspecified atom stereocenters. The van der Waals surface area contributed by atoms with E-state index >= 15 is 0 Å². The average molecular weight is 330 g/mol. The highest BCUT2D eigenvalue weighted by molar-refractivity contribution is 7.09. The predicted molar refractivity (Wildman–Crippen MR) is 90.3 cm³/mol. The van der Waals surface area contributed by atoms with Crippen molar-refractivity contribution in [3.8, 4) is 11.6 Å². The number of rotatable bonds is 6.